The molecule has 1 atom stereocenters. The molecule has 3 heterocycles. The Balaban J connectivity index is 1.65. The van der Waals surface area contributed by atoms with Gasteiger partial charge >= 0.3 is 0 Å². The number of nitrogens with zero attached hydrogens (tertiary/aromatic N) is 5. The smallest absolute Gasteiger partial charge is 0.269 e. The number of carbonyl (C=O) groups excluding carboxylic acids is 1. The number of aromatic nitrogens is 4. The molecule has 0 aromatic carbocycles. The molecule has 1 saturated heterocycles. The van der Waals surface area contributed by atoms with Gasteiger partial charge in [-0.25, -0.2) is 15.0 Å². The number of rotatable bonds is 5. The SMILES string of the molecule is CNC(=O)c1cc(C[C@@H]2COCCN(Cc3cncn3C)C2)ncn1. The molecule has 1 amide bonds. The van der Waals surface area contributed by atoms with E-state index in [1.165, 1.54) is 12.0 Å². The van der Waals surface area contributed by atoms with Gasteiger partial charge in [0.2, 0.25) is 0 Å². The summed E-state index contributed by atoms with van der Waals surface area (Å²) in [5, 5.41) is 2.59. The first-order valence-corrected chi connectivity index (χ1v) is 8.44. The Bertz CT molecular complexity index is 717. The van der Waals surface area contributed by atoms with Crippen LogP contribution in [0.3, 0.4) is 0 Å². The third-order valence-corrected chi connectivity index (χ3v) is 4.41. The van der Waals surface area contributed by atoms with E-state index in [9.17, 15) is 4.79 Å². The third kappa shape index (κ3) is 4.61. The van der Waals surface area contributed by atoms with E-state index in [4.69, 9.17) is 4.74 Å². The van der Waals surface area contributed by atoms with Crippen LogP contribution in [0, 0.1) is 5.92 Å². The molecule has 2 aromatic rings. The summed E-state index contributed by atoms with van der Waals surface area (Å²) in [6.45, 7) is 4.09. The van der Waals surface area contributed by atoms with Crippen LogP contribution in [0.2, 0.25) is 0 Å². The second kappa shape index (κ2) is 8.17. The lowest BCUT2D eigenvalue weighted by molar-refractivity contribution is 0.0957. The second-order valence-corrected chi connectivity index (χ2v) is 6.35. The minimum Gasteiger partial charge on any atom is -0.380 e. The number of ether oxygens (including phenoxy) is 1. The maximum atomic E-state index is 11.7. The highest BCUT2D eigenvalue weighted by Gasteiger charge is 2.21. The number of hydrogen-bond donors (Lipinski definition) is 1. The predicted octanol–water partition coefficient (Wildman–Crippen LogP) is 0.261. The highest BCUT2D eigenvalue weighted by molar-refractivity contribution is 5.91. The molecule has 1 N–H and O–H groups in total. The largest absolute Gasteiger partial charge is 0.380 e. The average Bonchev–Trinajstić information content (AvgIpc) is 2.89. The number of carbonyl (C=O) groups is 1. The van der Waals surface area contributed by atoms with E-state index in [2.05, 4.69) is 25.2 Å². The molecule has 0 unspecified atom stereocenters. The molecular weight excluding hydrogens is 320 g/mol. The van der Waals surface area contributed by atoms with Crippen LogP contribution in [0.5, 0.6) is 0 Å². The first kappa shape index (κ1) is 17.5. The van der Waals surface area contributed by atoms with Gasteiger partial charge in [-0.2, -0.15) is 0 Å². The summed E-state index contributed by atoms with van der Waals surface area (Å²) in [5.74, 6) is 0.127. The molecule has 0 bridgehead atoms. The van der Waals surface area contributed by atoms with Crippen molar-refractivity contribution < 1.29 is 9.53 Å². The predicted molar refractivity (Wildman–Crippen MR) is 91.9 cm³/mol. The normalized spacial score (nSPS) is 18.7. The van der Waals surface area contributed by atoms with Crippen LogP contribution >= 0.6 is 0 Å². The quantitative estimate of drug-likeness (QED) is 0.838. The van der Waals surface area contributed by atoms with Crippen molar-refractivity contribution in [2.24, 2.45) is 13.0 Å². The summed E-state index contributed by atoms with van der Waals surface area (Å²) >= 11 is 0. The van der Waals surface area contributed by atoms with Crippen molar-refractivity contribution in [3.8, 4) is 0 Å². The van der Waals surface area contributed by atoms with E-state index in [1.807, 2.05) is 24.1 Å². The van der Waals surface area contributed by atoms with Gasteiger partial charge < -0.3 is 14.6 Å². The highest BCUT2D eigenvalue weighted by Crippen LogP contribution is 2.15. The summed E-state index contributed by atoms with van der Waals surface area (Å²) in [6.07, 6.45) is 5.93. The van der Waals surface area contributed by atoms with Gasteiger partial charge in [0.1, 0.15) is 12.0 Å². The summed E-state index contributed by atoms with van der Waals surface area (Å²) in [4.78, 5) is 26.6. The molecule has 8 heteroatoms. The number of hydrogen-bond acceptors (Lipinski definition) is 6. The molecule has 8 nitrogen and oxygen atoms in total. The lowest BCUT2D eigenvalue weighted by Gasteiger charge is -2.23. The summed E-state index contributed by atoms with van der Waals surface area (Å²) < 4.78 is 7.81. The van der Waals surface area contributed by atoms with Crippen LogP contribution in [-0.2, 0) is 24.8 Å². The Hall–Kier alpha value is -2.32. The first-order chi connectivity index (χ1) is 12.2. The Labute approximate surface area is 147 Å². The van der Waals surface area contributed by atoms with Crippen LogP contribution in [0.15, 0.2) is 24.9 Å². The van der Waals surface area contributed by atoms with E-state index in [0.717, 1.165) is 38.4 Å². The Morgan fingerprint density at radius 1 is 1.44 bits per heavy atom. The minimum atomic E-state index is -0.196. The van der Waals surface area contributed by atoms with E-state index in [1.54, 1.807) is 13.1 Å². The summed E-state index contributed by atoms with van der Waals surface area (Å²) in [5.41, 5.74) is 2.45. The zero-order valence-electron chi connectivity index (χ0n) is 14.7. The summed E-state index contributed by atoms with van der Waals surface area (Å²) in [6, 6.07) is 1.76. The van der Waals surface area contributed by atoms with Crippen molar-refractivity contribution in [1.29, 1.82) is 0 Å². The molecule has 0 spiro atoms. The monoisotopic (exact) mass is 344 g/mol. The van der Waals surface area contributed by atoms with Crippen molar-refractivity contribution in [2.45, 2.75) is 13.0 Å². The number of aryl methyl sites for hydroxylation is 1. The zero-order valence-corrected chi connectivity index (χ0v) is 14.7. The van der Waals surface area contributed by atoms with E-state index in [0.29, 0.717) is 18.2 Å². The van der Waals surface area contributed by atoms with Crippen molar-refractivity contribution in [3.05, 3.63) is 42.0 Å². The molecule has 1 aliphatic heterocycles. The van der Waals surface area contributed by atoms with Crippen molar-refractivity contribution in [2.75, 3.05) is 33.4 Å². The van der Waals surface area contributed by atoms with E-state index >= 15 is 0 Å². The molecule has 0 radical (unpaired) electrons. The van der Waals surface area contributed by atoms with Crippen LogP contribution in [-0.4, -0.2) is 63.7 Å². The van der Waals surface area contributed by atoms with Gasteiger partial charge in [0, 0.05) is 51.5 Å². The average molecular weight is 344 g/mol. The van der Waals surface area contributed by atoms with Gasteiger partial charge in [0.25, 0.3) is 5.91 Å². The molecule has 2 aromatic heterocycles. The zero-order chi connectivity index (χ0) is 17.6. The van der Waals surface area contributed by atoms with Gasteiger partial charge in [-0.15, -0.1) is 0 Å². The van der Waals surface area contributed by atoms with Crippen LogP contribution in [0.25, 0.3) is 0 Å². The lowest BCUT2D eigenvalue weighted by atomic mass is 10.0. The van der Waals surface area contributed by atoms with Gasteiger partial charge in [-0.05, 0) is 12.5 Å². The molecule has 1 fully saturated rings. The Morgan fingerprint density at radius 2 is 2.32 bits per heavy atom. The Morgan fingerprint density at radius 3 is 3.08 bits per heavy atom. The topological polar surface area (TPSA) is 85.2 Å². The van der Waals surface area contributed by atoms with Gasteiger partial charge in [-0.3, -0.25) is 9.69 Å². The number of nitrogens with one attached hydrogen (secondary N) is 1. The first-order valence-electron chi connectivity index (χ1n) is 8.44. The Kier molecular flexibility index (Phi) is 5.72. The second-order valence-electron chi connectivity index (χ2n) is 6.35. The fourth-order valence-corrected chi connectivity index (χ4v) is 3.04. The van der Waals surface area contributed by atoms with E-state index < -0.39 is 0 Å². The fraction of sp³-hybridized carbons (Fsp3) is 0.529. The van der Waals surface area contributed by atoms with Crippen LogP contribution < -0.4 is 5.32 Å². The highest BCUT2D eigenvalue weighted by atomic mass is 16.5. The maximum absolute atomic E-state index is 11.7. The maximum Gasteiger partial charge on any atom is 0.269 e. The molecule has 0 saturated carbocycles. The van der Waals surface area contributed by atoms with Crippen molar-refractivity contribution in [1.82, 2.24) is 29.7 Å². The van der Waals surface area contributed by atoms with Crippen molar-refractivity contribution >= 4 is 5.91 Å². The number of imidazole rings is 1. The molecular formula is C17H24N6O2. The van der Waals surface area contributed by atoms with Crippen molar-refractivity contribution in [3.63, 3.8) is 0 Å². The van der Waals surface area contributed by atoms with Crippen LogP contribution in [0.4, 0.5) is 0 Å². The summed E-state index contributed by atoms with van der Waals surface area (Å²) in [7, 11) is 3.61. The van der Waals surface area contributed by atoms with E-state index in [-0.39, 0.29) is 5.91 Å². The molecule has 134 valence electrons. The fourth-order valence-electron chi connectivity index (χ4n) is 3.04. The third-order valence-electron chi connectivity index (χ3n) is 4.41. The molecule has 25 heavy (non-hydrogen) atoms. The minimum absolute atomic E-state index is 0.196. The van der Waals surface area contributed by atoms with Gasteiger partial charge in [-0.1, -0.05) is 0 Å². The standard InChI is InChI=1S/C17H24N6O2/c1-18-17(24)16-6-14(20-11-21-16)5-13-8-23(3-4-25-10-13)9-15-7-19-12-22(15)2/h6-7,11-13H,3-5,8-10H2,1-2H3,(H,18,24)/t13-/m0/s1. The lowest BCUT2D eigenvalue weighted by Crippen LogP contribution is -2.31. The van der Waals surface area contributed by atoms with Gasteiger partial charge in [0.05, 0.1) is 25.2 Å². The molecule has 1 aliphatic rings. The molecule has 0 aliphatic carbocycles. The van der Waals surface area contributed by atoms with Gasteiger partial charge in [0.15, 0.2) is 0 Å². The molecule has 3 rings (SSSR count). The van der Waals surface area contributed by atoms with Crippen LogP contribution in [0.1, 0.15) is 21.9 Å². The number of amides is 1.